The van der Waals surface area contributed by atoms with Gasteiger partial charge in [0.15, 0.2) is 0 Å². The van der Waals surface area contributed by atoms with Crippen molar-refractivity contribution in [3.63, 3.8) is 0 Å². The van der Waals surface area contributed by atoms with E-state index >= 15 is 0 Å². The average molecular weight is 230 g/mol. The molecule has 0 spiro atoms. The zero-order valence-electron chi connectivity index (χ0n) is 9.95. The summed E-state index contributed by atoms with van der Waals surface area (Å²) >= 11 is 1.84. The number of likely N-dealkylation sites (N-methyl/N-ethyl adjacent to an activating group) is 1. The van der Waals surface area contributed by atoms with Gasteiger partial charge in [-0.05, 0) is 44.7 Å². The van der Waals surface area contributed by atoms with Gasteiger partial charge in [0, 0.05) is 13.1 Å². The summed E-state index contributed by atoms with van der Waals surface area (Å²) in [5, 5.41) is 3.25. The molecule has 2 atom stereocenters. The zero-order chi connectivity index (χ0) is 11.3. The second kappa shape index (κ2) is 6.38. The van der Waals surface area contributed by atoms with E-state index < -0.39 is 0 Å². The van der Waals surface area contributed by atoms with Crippen LogP contribution in [0, 0.1) is 0 Å². The summed E-state index contributed by atoms with van der Waals surface area (Å²) in [6, 6.07) is 0.430. The van der Waals surface area contributed by atoms with E-state index in [1.54, 1.807) is 0 Å². The maximum atomic E-state index is 12.0. The number of carbonyl (C=O) groups is 1. The number of hydrogen-bond donors (Lipinski definition) is 1. The standard InChI is InChI=1S/C11H22N2OS/c1-9(6-8-15-3)13(2)11(14)10-5-4-7-12-10/h9-10,12H,4-8H2,1-3H3. The van der Waals surface area contributed by atoms with E-state index in [-0.39, 0.29) is 11.9 Å². The first-order valence-corrected chi connectivity index (χ1v) is 7.05. The number of amides is 1. The fourth-order valence-corrected chi connectivity index (χ4v) is 2.42. The monoisotopic (exact) mass is 230 g/mol. The minimum Gasteiger partial charge on any atom is -0.342 e. The van der Waals surface area contributed by atoms with Crippen molar-refractivity contribution in [3.05, 3.63) is 0 Å². The smallest absolute Gasteiger partial charge is 0.239 e. The Morgan fingerprint density at radius 3 is 2.93 bits per heavy atom. The van der Waals surface area contributed by atoms with Gasteiger partial charge in [-0.25, -0.2) is 0 Å². The van der Waals surface area contributed by atoms with Crippen molar-refractivity contribution in [2.45, 2.75) is 38.3 Å². The molecular formula is C11H22N2OS. The van der Waals surface area contributed by atoms with Crippen LogP contribution in [0.15, 0.2) is 0 Å². The molecule has 1 saturated heterocycles. The topological polar surface area (TPSA) is 32.3 Å². The molecule has 1 amide bonds. The van der Waals surface area contributed by atoms with E-state index in [9.17, 15) is 4.79 Å². The molecule has 3 nitrogen and oxygen atoms in total. The molecule has 1 aliphatic rings. The van der Waals surface area contributed by atoms with Gasteiger partial charge in [-0.15, -0.1) is 0 Å². The van der Waals surface area contributed by atoms with Gasteiger partial charge in [0.25, 0.3) is 0 Å². The lowest BCUT2D eigenvalue weighted by molar-refractivity contribution is -0.133. The average Bonchev–Trinajstić information content (AvgIpc) is 2.77. The molecule has 1 aliphatic heterocycles. The number of nitrogens with one attached hydrogen (secondary N) is 1. The van der Waals surface area contributed by atoms with Crippen LogP contribution >= 0.6 is 11.8 Å². The second-order valence-corrected chi connectivity index (χ2v) is 5.21. The van der Waals surface area contributed by atoms with E-state index in [1.165, 1.54) is 0 Å². The molecule has 0 aromatic carbocycles. The molecule has 0 aliphatic carbocycles. The molecule has 1 N–H and O–H groups in total. The predicted octanol–water partition coefficient (Wildman–Crippen LogP) is 1.34. The van der Waals surface area contributed by atoms with Crippen molar-refractivity contribution in [1.29, 1.82) is 0 Å². The molecule has 15 heavy (non-hydrogen) atoms. The highest BCUT2D eigenvalue weighted by atomic mass is 32.2. The fraction of sp³-hybridized carbons (Fsp3) is 0.909. The SMILES string of the molecule is CSCCC(C)N(C)C(=O)C1CCCN1. The first kappa shape index (κ1) is 12.8. The predicted molar refractivity (Wildman–Crippen MR) is 66.3 cm³/mol. The molecule has 2 unspecified atom stereocenters. The van der Waals surface area contributed by atoms with Crippen molar-refractivity contribution < 1.29 is 4.79 Å². The van der Waals surface area contributed by atoms with Crippen LogP contribution in [-0.4, -0.2) is 48.5 Å². The van der Waals surface area contributed by atoms with Gasteiger partial charge >= 0.3 is 0 Å². The Labute approximate surface area is 97.0 Å². The molecule has 1 fully saturated rings. The molecule has 88 valence electrons. The highest BCUT2D eigenvalue weighted by molar-refractivity contribution is 7.98. The quantitative estimate of drug-likeness (QED) is 0.773. The lowest BCUT2D eigenvalue weighted by Gasteiger charge is -2.27. The number of rotatable bonds is 5. The third kappa shape index (κ3) is 3.68. The Hall–Kier alpha value is -0.220. The van der Waals surface area contributed by atoms with E-state index in [0.29, 0.717) is 6.04 Å². The molecule has 4 heteroatoms. The Bertz CT molecular complexity index is 205. The Morgan fingerprint density at radius 2 is 2.40 bits per heavy atom. The van der Waals surface area contributed by atoms with Crippen LogP contribution in [0.3, 0.4) is 0 Å². The zero-order valence-corrected chi connectivity index (χ0v) is 10.8. The molecule has 1 rings (SSSR count). The van der Waals surface area contributed by atoms with Gasteiger partial charge in [-0.3, -0.25) is 4.79 Å². The number of carbonyl (C=O) groups excluding carboxylic acids is 1. The van der Waals surface area contributed by atoms with Gasteiger partial charge in [-0.2, -0.15) is 11.8 Å². The lowest BCUT2D eigenvalue weighted by atomic mass is 10.1. The van der Waals surface area contributed by atoms with Crippen LogP contribution < -0.4 is 5.32 Å². The number of hydrogen-bond acceptors (Lipinski definition) is 3. The lowest BCUT2D eigenvalue weighted by Crippen LogP contribution is -2.45. The van der Waals surface area contributed by atoms with Crippen LogP contribution in [0.4, 0.5) is 0 Å². The third-order valence-corrected chi connectivity index (χ3v) is 3.75. The molecule has 0 bridgehead atoms. The Morgan fingerprint density at radius 1 is 1.67 bits per heavy atom. The first-order valence-electron chi connectivity index (χ1n) is 5.65. The molecule has 0 aromatic heterocycles. The van der Waals surface area contributed by atoms with Gasteiger partial charge in [0.1, 0.15) is 0 Å². The summed E-state index contributed by atoms with van der Waals surface area (Å²) in [5.41, 5.74) is 0. The number of nitrogens with zero attached hydrogens (tertiary/aromatic N) is 1. The maximum absolute atomic E-state index is 12.0. The maximum Gasteiger partial charge on any atom is 0.239 e. The van der Waals surface area contributed by atoms with Gasteiger partial charge in [0.05, 0.1) is 6.04 Å². The highest BCUT2D eigenvalue weighted by Gasteiger charge is 2.26. The molecule has 0 saturated carbocycles. The number of thioether (sulfide) groups is 1. The summed E-state index contributed by atoms with van der Waals surface area (Å²) in [4.78, 5) is 13.9. The minimum absolute atomic E-state index is 0.0757. The molecular weight excluding hydrogens is 208 g/mol. The van der Waals surface area contributed by atoms with Crippen LogP contribution in [0.2, 0.25) is 0 Å². The summed E-state index contributed by atoms with van der Waals surface area (Å²) < 4.78 is 0. The van der Waals surface area contributed by atoms with Crippen LogP contribution in [-0.2, 0) is 4.79 Å². The highest BCUT2D eigenvalue weighted by Crippen LogP contribution is 2.12. The second-order valence-electron chi connectivity index (χ2n) is 4.23. The summed E-state index contributed by atoms with van der Waals surface area (Å²) in [6.07, 6.45) is 5.31. The van der Waals surface area contributed by atoms with Crippen LogP contribution in [0.1, 0.15) is 26.2 Å². The van der Waals surface area contributed by atoms with E-state index in [2.05, 4.69) is 18.5 Å². The van der Waals surface area contributed by atoms with Crippen molar-refractivity contribution in [2.24, 2.45) is 0 Å². The Kier molecular flexibility index (Phi) is 5.47. The Balaban J connectivity index is 2.36. The first-order chi connectivity index (χ1) is 7.16. The van der Waals surface area contributed by atoms with E-state index in [1.807, 2.05) is 23.7 Å². The van der Waals surface area contributed by atoms with Crippen molar-refractivity contribution in [1.82, 2.24) is 10.2 Å². The third-order valence-electron chi connectivity index (χ3n) is 3.11. The van der Waals surface area contributed by atoms with Crippen LogP contribution in [0.25, 0.3) is 0 Å². The van der Waals surface area contributed by atoms with Crippen molar-refractivity contribution in [2.75, 3.05) is 25.6 Å². The van der Waals surface area contributed by atoms with Gasteiger partial charge in [-0.1, -0.05) is 0 Å². The minimum atomic E-state index is 0.0757. The van der Waals surface area contributed by atoms with Crippen molar-refractivity contribution >= 4 is 17.7 Å². The molecule has 0 aromatic rings. The van der Waals surface area contributed by atoms with Crippen LogP contribution in [0.5, 0.6) is 0 Å². The molecule has 0 radical (unpaired) electrons. The summed E-state index contributed by atoms with van der Waals surface area (Å²) in [7, 11) is 1.92. The largest absolute Gasteiger partial charge is 0.342 e. The van der Waals surface area contributed by atoms with Gasteiger partial charge < -0.3 is 10.2 Å². The fourth-order valence-electron chi connectivity index (χ4n) is 1.84. The van der Waals surface area contributed by atoms with Gasteiger partial charge in [0.2, 0.25) is 5.91 Å². The molecule has 1 heterocycles. The van der Waals surface area contributed by atoms with E-state index in [0.717, 1.165) is 31.6 Å². The van der Waals surface area contributed by atoms with Crippen molar-refractivity contribution in [3.8, 4) is 0 Å². The van der Waals surface area contributed by atoms with E-state index in [4.69, 9.17) is 0 Å². The summed E-state index contributed by atoms with van der Waals surface area (Å²) in [6.45, 7) is 3.12. The normalized spacial score (nSPS) is 22.7. The summed E-state index contributed by atoms with van der Waals surface area (Å²) in [5.74, 6) is 1.39.